The summed E-state index contributed by atoms with van der Waals surface area (Å²) in [5.41, 5.74) is 6.97. The maximum atomic E-state index is 13.8. The number of aromatic nitrogens is 6. The number of rotatable bonds is 8. The minimum Gasteiger partial charge on any atom is -0.384 e. The van der Waals surface area contributed by atoms with Gasteiger partial charge in [-0.1, -0.05) is 17.3 Å². The summed E-state index contributed by atoms with van der Waals surface area (Å²) in [6, 6.07) is 4.51. The molecular weight excluding hydrogens is 596 g/mol. The topological polar surface area (TPSA) is 221 Å². The maximum Gasteiger partial charge on any atom is 0.307 e. The van der Waals surface area contributed by atoms with Crippen molar-refractivity contribution in [2.24, 2.45) is 5.73 Å². The number of nitrogens with one attached hydrogen (secondary N) is 4. The van der Waals surface area contributed by atoms with Crippen molar-refractivity contribution in [2.45, 2.75) is 44.9 Å². The Balaban J connectivity index is 1.25. The summed E-state index contributed by atoms with van der Waals surface area (Å²) in [6.07, 6.45) is 3.53. The van der Waals surface area contributed by atoms with E-state index in [0.29, 0.717) is 34.3 Å². The molecule has 6 rings (SSSR count). The van der Waals surface area contributed by atoms with E-state index >= 15 is 0 Å². The number of amides is 2. The molecule has 0 spiro atoms. The van der Waals surface area contributed by atoms with Crippen LogP contribution >= 0.6 is 11.3 Å². The van der Waals surface area contributed by atoms with Crippen molar-refractivity contribution in [3.05, 3.63) is 57.6 Å². The molecule has 0 saturated carbocycles. The second kappa shape index (κ2) is 11.4. The van der Waals surface area contributed by atoms with Gasteiger partial charge in [0, 0.05) is 78.7 Å². The fourth-order valence-corrected chi connectivity index (χ4v) is 7.70. The van der Waals surface area contributed by atoms with Crippen molar-refractivity contribution in [2.75, 3.05) is 19.6 Å². The van der Waals surface area contributed by atoms with E-state index < -0.39 is 22.2 Å². The largest absolute Gasteiger partial charge is 0.384 e. The number of aromatic amines is 1. The van der Waals surface area contributed by atoms with E-state index in [1.165, 1.54) is 28.0 Å². The van der Waals surface area contributed by atoms with Crippen LogP contribution in [0.4, 0.5) is 0 Å². The molecule has 0 bridgehead atoms. The van der Waals surface area contributed by atoms with Crippen LogP contribution < -0.4 is 16.4 Å². The smallest absolute Gasteiger partial charge is 0.307 e. The second-order valence-corrected chi connectivity index (χ2v) is 13.5. The van der Waals surface area contributed by atoms with Crippen LogP contribution in [-0.2, 0) is 34.5 Å². The van der Waals surface area contributed by atoms with Gasteiger partial charge < -0.3 is 21.3 Å². The van der Waals surface area contributed by atoms with Crippen molar-refractivity contribution in [1.29, 1.82) is 5.41 Å². The van der Waals surface area contributed by atoms with E-state index in [9.17, 15) is 18.0 Å². The summed E-state index contributed by atoms with van der Waals surface area (Å²) < 4.78 is 29.9. The van der Waals surface area contributed by atoms with Gasteiger partial charge in [-0.3, -0.25) is 15.0 Å². The molecule has 2 atom stereocenters. The number of nitrogens with zero attached hydrogens (tertiary/aromatic N) is 7. The molecule has 5 heterocycles. The molecule has 2 amide bonds. The van der Waals surface area contributed by atoms with Crippen LogP contribution in [0.2, 0.25) is 0 Å². The molecule has 0 radical (unpaired) electrons. The van der Waals surface area contributed by atoms with Gasteiger partial charge >= 0.3 is 10.2 Å². The summed E-state index contributed by atoms with van der Waals surface area (Å²) in [5, 5.41) is 28.8. The first-order valence-electron chi connectivity index (χ1n) is 13.6. The predicted molar refractivity (Wildman–Crippen MR) is 156 cm³/mol. The summed E-state index contributed by atoms with van der Waals surface area (Å²) in [6.45, 7) is 2.74. The molecule has 2 aliphatic rings. The maximum absolute atomic E-state index is 13.8. The monoisotopic (exact) mass is 626 g/mol. The molecule has 3 aromatic heterocycles. The summed E-state index contributed by atoms with van der Waals surface area (Å²) in [4.78, 5) is 33.9. The molecule has 1 aromatic carbocycles. The Bertz CT molecular complexity index is 1800. The Kier molecular flexibility index (Phi) is 7.67. The van der Waals surface area contributed by atoms with E-state index in [1.807, 2.05) is 0 Å². The highest BCUT2D eigenvalue weighted by molar-refractivity contribution is 7.87. The number of carbonyl (C=O) groups is 2. The summed E-state index contributed by atoms with van der Waals surface area (Å²) in [5.74, 6) is -0.557. The highest BCUT2D eigenvalue weighted by atomic mass is 32.2. The van der Waals surface area contributed by atoms with Crippen LogP contribution in [-0.4, -0.2) is 96.6 Å². The van der Waals surface area contributed by atoms with Crippen LogP contribution in [0.3, 0.4) is 0 Å². The quantitative estimate of drug-likeness (QED) is 0.125. The van der Waals surface area contributed by atoms with Gasteiger partial charge in [0.2, 0.25) is 5.91 Å². The number of piperazine rings is 1. The van der Waals surface area contributed by atoms with E-state index in [1.54, 1.807) is 23.1 Å². The van der Waals surface area contributed by atoms with Gasteiger partial charge in [-0.15, -0.1) is 21.5 Å². The Hall–Kier alpha value is -4.26. The van der Waals surface area contributed by atoms with Crippen LogP contribution in [0.1, 0.15) is 45.1 Å². The average Bonchev–Trinajstić information content (AvgIpc) is 3.75. The third-order valence-electron chi connectivity index (χ3n) is 7.56. The molecular formula is C25H30N12O4S2. The number of fused-ring (bicyclic) bond motifs is 2. The third kappa shape index (κ3) is 5.85. The number of carbonyl (C=O) groups excluding carboxylic acids is 2. The number of hydrogen-bond donors (Lipinski definition) is 5. The zero-order valence-electron chi connectivity index (χ0n) is 23.1. The van der Waals surface area contributed by atoms with Crippen LogP contribution in [0, 0.1) is 5.41 Å². The van der Waals surface area contributed by atoms with Gasteiger partial charge in [-0.25, -0.2) is 8.96 Å². The van der Waals surface area contributed by atoms with Crippen molar-refractivity contribution >= 4 is 50.0 Å². The molecule has 4 aromatic rings. The zero-order valence-corrected chi connectivity index (χ0v) is 24.8. The molecule has 1 fully saturated rings. The first-order chi connectivity index (χ1) is 20.6. The van der Waals surface area contributed by atoms with Crippen molar-refractivity contribution in [3.8, 4) is 0 Å². The van der Waals surface area contributed by atoms with Crippen LogP contribution in [0.5, 0.6) is 0 Å². The number of amidine groups is 1. The molecule has 0 aliphatic carbocycles. The number of tetrazole rings is 1. The lowest BCUT2D eigenvalue weighted by molar-refractivity contribution is -0.122. The van der Waals surface area contributed by atoms with Gasteiger partial charge in [-0.05, 0) is 13.0 Å². The van der Waals surface area contributed by atoms with E-state index in [2.05, 4.69) is 43.2 Å². The number of nitrogen functional groups attached to an aromatic ring is 1. The molecule has 6 N–H and O–H groups in total. The van der Waals surface area contributed by atoms with Gasteiger partial charge in [-0.2, -0.15) is 17.9 Å². The van der Waals surface area contributed by atoms with Gasteiger partial charge in [0.05, 0.1) is 18.3 Å². The fourth-order valence-electron chi connectivity index (χ4n) is 5.27. The van der Waals surface area contributed by atoms with E-state index in [4.69, 9.17) is 11.1 Å². The standard InChI is InChI=1S/C25H30N12O4S2/c1-14-6-19-20(9-28-14)42-24(30-19)25(39)37-5-4-35(13-18(37)8-22(38)29-10-21-31-33-34-32-21)43(40,41)36-11-16-3-2-15(23(26)27)7-17(16)12-36/h2-3,7,11-12,14,18,28H,4-6,8-10,13H2,1H3,(H3,26,27)(H,29,38)(H,31,32,33,34). The minimum absolute atomic E-state index is 0.0284. The number of thiazole rings is 1. The molecule has 2 unspecified atom stereocenters. The molecule has 1 saturated heterocycles. The SMILES string of the molecule is CC1Cc2nc(C(=O)N3CCN(S(=O)(=O)n4cc5ccc(C(=N)N)cc5c4)CC3CC(=O)NCc3nn[nH]n3)sc2CN1. The number of nitrogens with two attached hydrogens (primary N) is 1. The first-order valence-corrected chi connectivity index (χ1v) is 15.8. The number of benzene rings is 1. The van der Waals surface area contributed by atoms with Crippen molar-refractivity contribution in [3.63, 3.8) is 0 Å². The Morgan fingerprint density at radius 3 is 2.81 bits per heavy atom. The Morgan fingerprint density at radius 2 is 2.05 bits per heavy atom. The first kappa shape index (κ1) is 28.8. The average molecular weight is 627 g/mol. The van der Waals surface area contributed by atoms with Gasteiger partial charge in [0.15, 0.2) is 10.8 Å². The molecule has 43 heavy (non-hydrogen) atoms. The lowest BCUT2D eigenvalue weighted by Gasteiger charge is -2.40. The van der Waals surface area contributed by atoms with Crippen molar-refractivity contribution < 1.29 is 18.0 Å². The minimum atomic E-state index is -4.05. The third-order valence-corrected chi connectivity index (χ3v) is 10.4. The molecule has 16 nitrogen and oxygen atoms in total. The molecule has 2 aliphatic heterocycles. The van der Waals surface area contributed by atoms with E-state index in [-0.39, 0.29) is 56.2 Å². The highest BCUT2D eigenvalue weighted by Crippen LogP contribution is 2.27. The lowest BCUT2D eigenvalue weighted by Crippen LogP contribution is -2.58. The highest BCUT2D eigenvalue weighted by Gasteiger charge is 2.39. The molecule has 226 valence electrons. The summed E-state index contributed by atoms with van der Waals surface area (Å²) >= 11 is 1.32. The van der Waals surface area contributed by atoms with Gasteiger partial charge in [0.25, 0.3) is 5.91 Å². The van der Waals surface area contributed by atoms with Gasteiger partial charge in [0.1, 0.15) is 5.84 Å². The Labute approximate surface area is 250 Å². The van der Waals surface area contributed by atoms with Crippen LogP contribution in [0.15, 0.2) is 30.6 Å². The zero-order chi connectivity index (χ0) is 30.3. The van der Waals surface area contributed by atoms with Crippen LogP contribution in [0.25, 0.3) is 10.8 Å². The number of H-pyrrole nitrogens is 1. The normalized spacial score (nSPS) is 19.3. The summed E-state index contributed by atoms with van der Waals surface area (Å²) in [7, 11) is -4.05. The van der Waals surface area contributed by atoms with Crippen molar-refractivity contribution in [1.82, 2.24) is 49.4 Å². The second-order valence-electron chi connectivity index (χ2n) is 10.5. The lowest BCUT2D eigenvalue weighted by atomic mass is 10.1. The Morgan fingerprint density at radius 1 is 1.23 bits per heavy atom. The van der Waals surface area contributed by atoms with E-state index in [0.717, 1.165) is 14.5 Å². The predicted octanol–water partition coefficient (Wildman–Crippen LogP) is -0.445. The fraction of sp³-hybridized carbons (Fsp3) is 0.400. The molecule has 18 heteroatoms. The number of hydrogen-bond acceptors (Lipinski definition) is 11.